The monoisotopic (exact) mass is 382 g/mol. The summed E-state index contributed by atoms with van der Waals surface area (Å²) in [6.45, 7) is 6.43. The fourth-order valence-corrected chi connectivity index (χ4v) is 3.64. The van der Waals surface area contributed by atoms with Gasteiger partial charge in [0.1, 0.15) is 0 Å². The van der Waals surface area contributed by atoms with Crippen LogP contribution in [0.2, 0.25) is 0 Å². The average molecular weight is 383 g/mol. The summed E-state index contributed by atoms with van der Waals surface area (Å²) < 4.78 is 5.08. The molecule has 0 rings (SSSR count). The van der Waals surface area contributed by atoms with Crippen LogP contribution < -0.4 is 0 Å². The molecule has 1 N–H and O–H groups in total. The van der Waals surface area contributed by atoms with Gasteiger partial charge in [0.25, 0.3) is 0 Å². The van der Waals surface area contributed by atoms with Gasteiger partial charge in [-0.2, -0.15) is 0 Å². The Bertz CT molecular complexity index is 328. The predicted molar refractivity (Wildman–Crippen MR) is 116 cm³/mol. The third kappa shape index (κ3) is 19.6. The maximum atomic E-state index is 11.3. The van der Waals surface area contributed by atoms with Crippen molar-refractivity contribution in [1.29, 1.82) is 0 Å². The van der Waals surface area contributed by atoms with Crippen LogP contribution >= 0.6 is 0 Å². The number of unbranched alkanes of at least 4 members (excludes halogenated alkanes) is 14. The lowest BCUT2D eigenvalue weighted by atomic mass is 9.95. The Morgan fingerprint density at radius 2 is 1.19 bits per heavy atom. The lowest BCUT2D eigenvalue weighted by Crippen LogP contribution is -2.13. The van der Waals surface area contributed by atoms with Crippen molar-refractivity contribution < 1.29 is 14.6 Å². The van der Waals surface area contributed by atoms with Gasteiger partial charge in [0.05, 0.1) is 18.8 Å². The fraction of sp³-hybridized carbons (Fsp3) is 0.875. The van der Waals surface area contributed by atoms with E-state index in [2.05, 4.69) is 13.5 Å². The molecule has 0 saturated carbocycles. The molecule has 160 valence electrons. The summed E-state index contributed by atoms with van der Waals surface area (Å²) in [7, 11) is 0. The molecule has 0 amide bonds. The van der Waals surface area contributed by atoms with Gasteiger partial charge < -0.3 is 9.84 Å². The first-order valence-corrected chi connectivity index (χ1v) is 11.7. The second-order valence-corrected chi connectivity index (χ2v) is 7.95. The van der Waals surface area contributed by atoms with Crippen LogP contribution in [-0.4, -0.2) is 17.7 Å². The van der Waals surface area contributed by atoms with E-state index in [1.54, 1.807) is 0 Å². The normalized spacial score (nSPS) is 12.0. The zero-order chi connectivity index (χ0) is 20.0. The van der Waals surface area contributed by atoms with Crippen molar-refractivity contribution in [3.05, 3.63) is 12.8 Å². The molecule has 0 radical (unpaired) electrons. The molecule has 0 aliphatic heterocycles. The largest absolute Gasteiger partial charge is 0.502 e. The molecular formula is C24H46O3. The minimum absolute atomic E-state index is 0.175. The van der Waals surface area contributed by atoms with Gasteiger partial charge in [-0.05, 0) is 25.7 Å². The average Bonchev–Trinajstić information content (AvgIpc) is 2.66. The third-order valence-corrected chi connectivity index (χ3v) is 5.44. The number of ether oxygens (including phenoxy) is 1. The van der Waals surface area contributed by atoms with Crippen LogP contribution in [0.25, 0.3) is 0 Å². The minimum Gasteiger partial charge on any atom is -0.502 e. The van der Waals surface area contributed by atoms with Crippen molar-refractivity contribution >= 4 is 5.97 Å². The molecule has 0 fully saturated rings. The Morgan fingerprint density at radius 1 is 0.778 bits per heavy atom. The van der Waals surface area contributed by atoms with E-state index in [4.69, 9.17) is 4.74 Å². The van der Waals surface area contributed by atoms with Gasteiger partial charge in [-0.3, -0.25) is 4.79 Å². The molecule has 3 nitrogen and oxygen atoms in total. The van der Waals surface area contributed by atoms with Crippen molar-refractivity contribution in [2.24, 2.45) is 5.92 Å². The molecule has 1 atom stereocenters. The van der Waals surface area contributed by atoms with E-state index in [0.717, 1.165) is 32.1 Å². The van der Waals surface area contributed by atoms with Crippen molar-refractivity contribution in [1.82, 2.24) is 0 Å². The highest BCUT2D eigenvalue weighted by Gasteiger charge is 2.16. The highest BCUT2D eigenvalue weighted by atomic mass is 16.5. The standard InChI is InChI=1S/C24H46O3/c1-3-5-6-7-8-9-10-11-12-13-14-15-16-17-20-23(24(25)26)21-18-19-22-27-4-2/h4,23H,2-3,5-22H2,1H3,(H,25,26). The summed E-state index contributed by atoms with van der Waals surface area (Å²) in [4.78, 5) is 11.3. The van der Waals surface area contributed by atoms with Crippen LogP contribution in [0, 0.1) is 5.92 Å². The van der Waals surface area contributed by atoms with E-state index in [-0.39, 0.29) is 5.92 Å². The molecule has 0 aromatic heterocycles. The number of aliphatic carboxylic acids is 1. The van der Waals surface area contributed by atoms with Crippen molar-refractivity contribution in [2.75, 3.05) is 6.61 Å². The van der Waals surface area contributed by atoms with Gasteiger partial charge in [0, 0.05) is 0 Å². The van der Waals surface area contributed by atoms with Gasteiger partial charge in [-0.15, -0.1) is 0 Å². The van der Waals surface area contributed by atoms with Gasteiger partial charge in [-0.25, -0.2) is 0 Å². The number of hydrogen-bond acceptors (Lipinski definition) is 2. The Hall–Kier alpha value is -0.990. The van der Waals surface area contributed by atoms with Crippen LogP contribution in [0.4, 0.5) is 0 Å². The minimum atomic E-state index is -0.630. The zero-order valence-electron chi connectivity index (χ0n) is 18.1. The second kappa shape index (κ2) is 21.3. The molecule has 0 spiro atoms. The molecule has 0 aromatic rings. The van der Waals surface area contributed by atoms with E-state index < -0.39 is 5.97 Å². The number of carboxylic acids is 1. The Labute approximate surface area is 169 Å². The van der Waals surface area contributed by atoms with E-state index in [1.807, 2.05) is 0 Å². The van der Waals surface area contributed by atoms with E-state index in [0.29, 0.717) is 6.61 Å². The number of rotatable bonds is 22. The summed E-state index contributed by atoms with van der Waals surface area (Å²) in [6.07, 6.45) is 23.6. The maximum absolute atomic E-state index is 11.3. The van der Waals surface area contributed by atoms with E-state index >= 15 is 0 Å². The van der Waals surface area contributed by atoms with Crippen molar-refractivity contribution in [2.45, 2.75) is 122 Å². The van der Waals surface area contributed by atoms with Gasteiger partial charge in [0.2, 0.25) is 0 Å². The second-order valence-electron chi connectivity index (χ2n) is 7.95. The summed E-state index contributed by atoms with van der Waals surface area (Å²) in [5, 5.41) is 9.33. The van der Waals surface area contributed by atoms with Crippen molar-refractivity contribution in [3.63, 3.8) is 0 Å². The van der Waals surface area contributed by atoms with Gasteiger partial charge in [0.15, 0.2) is 0 Å². The summed E-state index contributed by atoms with van der Waals surface area (Å²) in [6, 6.07) is 0. The van der Waals surface area contributed by atoms with Gasteiger partial charge >= 0.3 is 5.97 Å². The molecule has 0 aliphatic rings. The van der Waals surface area contributed by atoms with E-state index in [9.17, 15) is 9.90 Å². The molecule has 0 saturated heterocycles. The molecule has 0 aliphatic carbocycles. The van der Waals surface area contributed by atoms with Crippen molar-refractivity contribution in [3.8, 4) is 0 Å². The van der Waals surface area contributed by atoms with Crippen LogP contribution in [0.1, 0.15) is 122 Å². The van der Waals surface area contributed by atoms with E-state index in [1.165, 1.54) is 89.7 Å². The third-order valence-electron chi connectivity index (χ3n) is 5.44. The molecule has 0 heterocycles. The van der Waals surface area contributed by atoms with Crippen LogP contribution in [-0.2, 0) is 9.53 Å². The number of hydrogen-bond donors (Lipinski definition) is 1. The fourth-order valence-electron chi connectivity index (χ4n) is 3.64. The predicted octanol–water partition coefficient (Wildman–Crippen LogP) is 7.89. The first kappa shape index (κ1) is 26.0. The maximum Gasteiger partial charge on any atom is 0.306 e. The highest BCUT2D eigenvalue weighted by molar-refractivity contribution is 5.69. The SMILES string of the molecule is C=COCCCCC(CCCCCCCCCCCCCCCC)C(=O)O. The summed E-state index contributed by atoms with van der Waals surface area (Å²) in [5.74, 6) is -0.805. The molecular weight excluding hydrogens is 336 g/mol. The van der Waals surface area contributed by atoms with Gasteiger partial charge in [-0.1, -0.05) is 103 Å². The summed E-state index contributed by atoms with van der Waals surface area (Å²) in [5.41, 5.74) is 0. The topological polar surface area (TPSA) is 46.5 Å². The quantitative estimate of drug-likeness (QED) is 0.153. The molecule has 3 heteroatoms. The van der Waals surface area contributed by atoms with Crippen LogP contribution in [0.5, 0.6) is 0 Å². The molecule has 0 bridgehead atoms. The molecule has 1 unspecified atom stereocenters. The zero-order valence-corrected chi connectivity index (χ0v) is 18.1. The Morgan fingerprint density at radius 3 is 1.59 bits per heavy atom. The molecule has 27 heavy (non-hydrogen) atoms. The summed E-state index contributed by atoms with van der Waals surface area (Å²) >= 11 is 0. The number of carboxylic acid groups (broad SMARTS) is 1. The smallest absolute Gasteiger partial charge is 0.306 e. The van der Waals surface area contributed by atoms with Crippen LogP contribution in [0.15, 0.2) is 12.8 Å². The first-order chi connectivity index (χ1) is 13.2. The Kier molecular flexibility index (Phi) is 20.5. The lowest BCUT2D eigenvalue weighted by molar-refractivity contribution is -0.142. The molecule has 0 aromatic carbocycles. The van der Waals surface area contributed by atoms with Crippen LogP contribution in [0.3, 0.4) is 0 Å². The Balaban J connectivity index is 3.37. The first-order valence-electron chi connectivity index (χ1n) is 11.7. The number of carbonyl (C=O) groups is 1. The highest BCUT2D eigenvalue weighted by Crippen LogP contribution is 2.19. The lowest BCUT2D eigenvalue weighted by Gasteiger charge is -2.12.